The summed E-state index contributed by atoms with van der Waals surface area (Å²) in [5.74, 6) is -0.639. The largest absolute Gasteiger partial charge is 0.465 e. The highest BCUT2D eigenvalue weighted by molar-refractivity contribution is 6.01. The maximum absolute atomic E-state index is 12.0. The van der Waals surface area contributed by atoms with Crippen LogP contribution in [0.1, 0.15) is 22.3 Å². The first-order valence-electron chi connectivity index (χ1n) is 7.38. The molecule has 0 aliphatic heterocycles. The fourth-order valence-electron chi connectivity index (χ4n) is 2.17. The average molecular weight is 312 g/mol. The molecule has 0 radical (unpaired) electrons. The molecule has 0 atom stereocenters. The third-order valence-electron chi connectivity index (χ3n) is 3.31. The molecule has 120 valence electrons. The van der Waals surface area contributed by atoms with Gasteiger partial charge >= 0.3 is 5.97 Å². The minimum absolute atomic E-state index is 0.165. The van der Waals surface area contributed by atoms with Crippen LogP contribution in [0.15, 0.2) is 48.5 Å². The van der Waals surface area contributed by atoms with E-state index in [4.69, 9.17) is 4.74 Å². The average Bonchev–Trinajstić information content (AvgIpc) is 2.55. The van der Waals surface area contributed by atoms with Crippen LogP contribution in [0.25, 0.3) is 0 Å². The monoisotopic (exact) mass is 312 g/mol. The van der Waals surface area contributed by atoms with E-state index in [9.17, 15) is 9.59 Å². The second-order valence-electron chi connectivity index (χ2n) is 5.13. The van der Waals surface area contributed by atoms with Crippen molar-refractivity contribution >= 4 is 23.3 Å². The van der Waals surface area contributed by atoms with Crippen molar-refractivity contribution in [1.82, 2.24) is 0 Å². The Labute approximate surface area is 135 Å². The standard InChI is InChI=1S/C18H20N2O3/c1-13-6-5-7-14(12-13)19-11-10-17(21)20-16-9-4-3-8-15(16)18(22)23-2/h3-9,12,19H,10-11H2,1-2H3,(H,20,21). The van der Waals surface area contributed by atoms with E-state index < -0.39 is 5.97 Å². The number of carbonyl (C=O) groups is 2. The highest BCUT2D eigenvalue weighted by atomic mass is 16.5. The number of aryl methyl sites for hydroxylation is 1. The summed E-state index contributed by atoms with van der Waals surface area (Å²) in [6, 6.07) is 14.7. The minimum atomic E-state index is -0.473. The number of nitrogens with one attached hydrogen (secondary N) is 2. The van der Waals surface area contributed by atoms with Crippen LogP contribution in [0.5, 0.6) is 0 Å². The Bertz CT molecular complexity index is 698. The van der Waals surface area contributed by atoms with E-state index in [0.29, 0.717) is 24.2 Å². The summed E-state index contributed by atoms with van der Waals surface area (Å²) >= 11 is 0. The number of hydrogen-bond donors (Lipinski definition) is 2. The molecule has 0 aliphatic rings. The lowest BCUT2D eigenvalue weighted by molar-refractivity contribution is -0.115. The predicted molar refractivity (Wildman–Crippen MR) is 90.7 cm³/mol. The van der Waals surface area contributed by atoms with E-state index in [1.54, 1.807) is 24.3 Å². The van der Waals surface area contributed by atoms with Crippen LogP contribution >= 0.6 is 0 Å². The fourth-order valence-corrected chi connectivity index (χ4v) is 2.17. The number of amides is 1. The van der Waals surface area contributed by atoms with Gasteiger partial charge in [0.2, 0.25) is 5.91 Å². The molecule has 0 aliphatic carbocycles. The fraction of sp³-hybridized carbons (Fsp3) is 0.222. The number of ether oxygens (including phenoxy) is 1. The van der Waals surface area contributed by atoms with E-state index in [1.165, 1.54) is 7.11 Å². The molecule has 5 nitrogen and oxygen atoms in total. The molecule has 0 heterocycles. The number of esters is 1. The van der Waals surface area contributed by atoms with Gasteiger partial charge in [-0.15, -0.1) is 0 Å². The van der Waals surface area contributed by atoms with Gasteiger partial charge in [-0.25, -0.2) is 4.79 Å². The molecule has 0 unspecified atom stereocenters. The molecule has 2 rings (SSSR count). The first kappa shape index (κ1) is 16.5. The van der Waals surface area contributed by atoms with E-state index in [2.05, 4.69) is 10.6 Å². The Hall–Kier alpha value is -2.82. The molecule has 0 aromatic heterocycles. The van der Waals surface area contributed by atoms with Crippen molar-refractivity contribution in [3.05, 3.63) is 59.7 Å². The first-order valence-corrected chi connectivity index (χ1v) is 7.38. The van der Waals surface area contributed by atoms with Gasteiger partial charge in [0.25, 0.3) is 0 Å². The number of methoxy groups -OCH3 is 1. The molecular formula is C18H20N2O3. The van der Waals surface area contributed by atoms with Crippen LogP contribution in [-0.4, -0.2) is 25.5 Å². The highest BCUT2D eigenvalue weighted by Gasteiger charge is 2.12. The zero-order chi connectivity index (χ0) is 16.7. The molecule has 5 heteroatoms. The van der Waals surface area contributed by atoms with E-state index in [-0.39, 0.29) is 5.91 Å². The molecule has 23 heavy (non-hydrogen) atoms. The summed E-state index contributed by atoms with van der Waals surface area (Å²) in [6.07, 6.45) is 0.295. The number of benzene rings is 2. The van der Waals surface area contributed by atoms with Crippen molar-refractivity contribution in [2.45, 2.75) is 13.3 Å². The number of para-hydroxylation sites is 1. The first-order chi connectivity index (χ1) is 11.1. The number of anilines is 2. The summed E-state index contributed by atoms with van der Waals surface area (Å²) in [5, 5.41) is 5.94. The molecule has 0 saturated heterocycles. The summed E-state index contributed by atoms with van der Waals surface area (Å²) < 4.78 is 4.71. The summed E-state index contributed by atoms with van der Waals surface area (Å²) in [5.41, 5.74) is 2.94. The minimum Gasteiger partial charge on any atom is -0.465 e. The predicted octanol–water partition coefficient (Wildman–Crippen LogP) is 3.22. The normalized spacial score (nSPS) is 10.0. The number of rotatable bonds is 6. The Morgan fingerprint density at radius 2 is 1.87 bits per heavy atom. The van der Waals surface area contributed by atoms with Gasteiger partial charge in [0.05, 0.1) is 18.4 Å². The SMILES string of the molecule is COC(=O)c1ccccc1NC(=O)CCNc1cccc(C)c1. The van der Waals surface area contributed by atoms with E-state index in [1.807, 2.05) is 31.2 Å². The zero-order valence-corrected chi connectivity index (χ0v) is 13.3. The summed E-state index contributed by atoms with van der Waals surface area (Å²) in [7, 11) is 1.31. The van der Waals surface area contributed by atoms with Crippen LogP contribution < -0.4 is 10.6 Å². The van der Waals surface area contributed by atoms with Gasteiger partial charge in [0.1, 0.15) is 0 Å². The van der Waals surface area contributed by atoms with Crippen molar-refractivity contribution in [1.29, 1.82) is 0 Å². The van der Waals surface area contributed by atoms with Crippen molar-refractivity contribution in [2.24, 2.45) is 0 Å². The lowest BCUT2D eigenvalue weighted by Gasteiger charge is -2.10. The third-order valence-corrected chi connectivity index (χ3v) is 3.31. The lowest BCUT2D eigenvalue weighted by Crippen LogP contribution is -2.18. The van der Waals surface area contributed by atoms with E-state index >= 15 is 0 Å². The summed E-state index contributed by atoms with van der Waals surface area (Å²) in [6.45, 7) is 2.53. The molecule has 0 saturated carbocycles. The molecule has 2 aromatic rings. The smallest absolute Gasteiger partial charge is 0.339 e. The van der Waals surface area contributed by atoms with Gasteiger partial charge in [-0.3, -0.25) is 4.79 Å². The van der Waals surface area contributed by atoms with Gasteiger partial charge in [-0.1, -0.05) is 24.3 Å². The molecule has 0 bridgehead atoms. The zero-order valence-electron chi connectivity index (χ0n) is 13.3. The molecule has 0 spiro atoms. The Kier molecular flexibility index (Phi) is 5.74. The van der Waals surface area contributed by atoms with Crippen molar-refractivity contribution in [2.75, 3.05) is 24.3 Å². The van der Waals surface area contributed by atoms with Crippen LogP contribution in [-0.2, 0) is 9.53 Å². The van der Waals surface area contributed by atoms with E-state index in [0.717, 1.165) is 11.3 Å². The summed E-state index contributed by atoms with van der Waals surface area (Å²) in [4.78, 5) is 23.7. The Balaban J connectivity index is 1.89. The lowest BCUT2D eigenvalue weighted by atomic mass is 10.1. The van der Waals surface area contributed by atoms with Crippen molar-refractivity contribution < 1.29 is 14.3 Å². The third kappa shape index (κ3) is 4.85. The van der Waals surface area contributed by atoms with Crippen LogP contribution in [0.3, 0.4) is 0 Å². The van der Waals surface area contributed by atoms with Crippen molar-refractivity contribution in [3.8, 4) is 0 Å². The van der Waals surface area contributed by atoms with Gasteiger partial charge in [0, 0.05) is 18.7 Å². The highest BCUT2D eigenvalue weighted by Crippen LogP contribution is 2.16. The Morgan fingerprint density at radius 1 is 1.09 bits per heavy atom. The van der Waals surface area contributed by atoms with Crippen LogP contribution in [0, 0.1) is 6.92 Å². The van der Waals surface area contributed by atoms with Crippen molar-refractivity contribution in [3.63, 3.8) is 0 Å². The van der Waals surface area contributed by atoms with Crippen LogP contribution in [0.2, 0.25) is 0 Å². The van der Waals surface area contributed by atoms with Crippen LogP contribution in [0.4, 0.5) is 11.4 Å². The maximum Gasteiger partial charge on any atom is 0.339 e. The Morgan fingerprint density at radius 3 is 2.61 bits per heavy atom. The quantitative estimate of drug-likeness (QED) is 0.804. The number of hydrogen-bond acceptors (Lipinski definition) is 4. The molecular weight excluding hydrogens is 292 g/mol. The molecule has 2 aromatic carbocycles. The second-order valence-corrected chi connectivity index (χ2v) is 5.13. The van der Waals surface area contributed by atoms with Gasteiger partial charge in [-0.05, 0) is 36.8 Å². The topological polar surface area (TPSA) is 67.4 Å². The van der Waals surface area contributed by atoms with Gasteiger partial charge in [0.15, 0.2) is 0 Å². The van der Waals surface area contributed by atoms with Gasteiger partial charge < -0.3 is 15.4 Å². The molecule has 1 amide bonds. The number of carbonyl (C=O) groups excluding carboxylic acids is 2. The van der Waals surface area contributed by atoms with Gasteiger partial charge in [-0.2, -0.15) is 0 Å². The second kappa shape index (κ2) is 7.98. The molecule has 2 N–H and O–H groups in total. The maximum atomic E-state index is 12.0. The molecule has 0 fully saturated rings.